The summed E-state index contributed by atoms with van der Waals surface area (Å²) in [4.78, 5) is 21.9. The number of nitrogens with zero attached hydrogens (tertiary/aromatic N) is 1. The number of benzene rings is 2. The molecule has 2 aromatic carbocycles. The third kappa shape index (κ3) is 1.55. The standard InChI is InChI=1S/C16H11N3O/c20-16-18-14-8-4-2-6-11(14)15(19-16)12-9-17-13-7-3-1-5-10(12)13/h1-9,17H,(H,18,19,20). The zero-order chi connectivity index (χ0) is 13.5. The first kappa shape index (κ1) is 11.0. The molecule has 0 atom stereocenters. The maximum Gasteiger partial charge on any atom is 0.345 e. The van der Waals surface area contributed by atoms with Crippen molar-refractivity contribution < 1.29 is 0 Å². The Bertz CT molecular complexity index is 982. The second-order valence-electron chi connectivity index (χ2n) is 4.68. The first-order valence-electron chi connectivity index (χ1n) is 6.38. The largest absolute Gasteiger partial charge is 0.360 e. The molecule has 0 aliphatic heterocycles. The lowest BCUT2D eigenvalue weighted by molar-refractivity contribution is 1.13. The summed E-state index contributed by atoms with van der Waals surface area (Å²) >= 11 is 0. The van der Waals surface area contributed by atoms with Gasteiger partial charge in [0.1, 0.15) is 0 Å². The molecule has 20 heavy (non-hydrogen) atoms. The van der Waals surface area contributed by atoms with Crippen molar-refractivity contribution in [2.75, 3.05) is 0 Å². The minimum Gasteiger partial charge on any atom is -0.360 e. The van der Waals surface area contributed by atoms with Crippen LogP contribution in [0, 0.1) is 0 Å². The molecule has 0 unspecified atom stereocenters. The van der Waals surface area contributed by atoms with Gasteiger partial charge in [-0.1, -0.05) is 36.4 Å². The van der Waals surface area contributed by atoms with Gasteiger partial charge in [0.2, 0.25) is 0 Å². The molecule has 2 aromatic heterocycles. The quantitative estimate of drug-likeness (QED) is 0.553. The second kappa shape index (κ2) is 4.06. The third-order valence-corrected chi connectivity index (χ3v) is 3.48. The van der Waals surface area contributed by atoms with Crippen LogP contribution in [0.5, 0.6) is 0 Å². The molecule has 2 N–H and O–H groups in total. The van der Waals surface area contributed by atoms with E-state index in [1.807, 2.05) is 54.7 Å². The van der Waals surface area contributed by atoms with Crippen LogP contribution < -0.4 is 5.69 Å². The minimum absolute atomic E-state index is 0.330. The molecule has 4 aromatic rings. The minimum atomic E-state index is -0.330. The summed E-state index contributed by atoms with van der Waals surface area (Å²) in [5.74, 6) is 0. The van der Waals surface area contributed by atoms with Crippen molar-refractivity contribution in [2.24, 2.45) is 0 Å². The Morgan fingerprint density at radius 1 is 0.850 bits per heavy atom. The Morgan fingerprint density at radius 3 is 2.40 bits per heavy atom. The summed E-state index contributed by atoms with van der Waals surface area (Å²) in [6, 6.07) is 15.7. The number of fused-ring (bicyclic) bond motifs is 2. The van der Waals surface area contributed by atoms with Crippen LogP contribution in [0.3, 0.4) is 0 Å². The molecular weight excluding hydrogens is 250 g/mol. The van der Waals surface area contributed by atoms with E-state index in [9.17, 15) is 4.79 Å². The number of aromatic amines is 2. The number of H-pyrrole nitrogens is 2. The molecular formula is C16H11N3O. The van der Waals surface area contributed by atoms with E-state index in [2.05, 4.69) is 15.0 Å². The summed E-state index contributed by atoms with van der Waals surface area (Å²) in [6.07, 6.45) is 1.90. The van der Waals surface area contributed by atoms with Gasteiger partial charge in [-0.25, -0.2) is 4.79 Å². The Morgan fingerprint density at radius 2 is 1.55 bits per heavy atom. The summed E-state index contributed by atoms with van der Waals surface area (Å²) in [5, 5.41) is 2.01. The average molecular weight is 261 g/mol. The summed E-state index contributed by atoms with van der Waals surface area (Å²) in [5.41, 5.74) is 3.16. The van der Waals surface area contributed by atoms with Gasteiger partial charge >= 0.3 is 5.69 Å². The molecule has 4 nitrogen and oxygen atoms in total. The van der Waals surface area contributed by atoms with Crippen LogP contribution in [-0.4, -0.2) is 15.0 Å². The van der Waals surface area contributed by atoms with Crippen LogP contribution in [-0.2, 0) is 0 Å². The Hall–Kier alpha value is -2.88. The lowest BCUT2D eigenvalue weighted by Crippen LogP contribution is -2.11. The van der Waals surface area contributed by atoms with E-state index in [-0.39, 0.29) is 5.69 Å². The number of para-hydroxylation sites is 2. The van der Waals surface area contributed by atoms with E-state index in [1.54, 1.807) is 0 Å². The fourth-order valence-electron chi connectivity index (χ4n) is 2.58. The lowest BCUT2D eigenvalue weighted by Gasteiger charge is -2.03. The SMILES string of the molecule is O=c1nc(-c2c[nH]c3ccccc23)c2ccccc2[nH]1. The van der Waals surface area contributed by atoms with Gasteiger partial charge in [-0.15, -0.1) is 0 Å². The Kier molecular flexibility index (Phi) is 2.23. The molecule has 2 heterocycles. The van der Waals surface area contributed by atoms with Crippen LogP contribution in [0.25, 0.3) is 33.1 Å². The van der Waals surface area contributed by atoms with E-state index in [0.717, 1.165) is 27.4 Å². The van der Waals surface area contributed by atoms with Crippen molar-refractivity contribution in [1.29, 1.82) is 0 Å². The Labute approximate surface area is 114 Å². The topological polar surface area (TPSA) is 61.5 Å². The number of rotatable bonds is 1. The molecule has 4 rings (SSSR count). The van der Waals surface area contributed by atoms with E-state index in [1.165, 1.54) is 0 Å². The van der Waals surface area contributed by atoms with E-state index >= 15 is 0 Å². The van der Waals surface area contributed by atoms with Gasteiger partial charge in [-0.05, 0) is 12.1 Å². The molecule has 96 valence electrons. The van der Waals surface area contributed by atoms with Gasteiger partial charge in [-0.3, -0.25) is 0 Å². The maximum atomic E-state index is 11.8. The second-order valence-corrected chi connectivity index (χ2v) is 4.68. The van der Waals surface area contributed by atoms with E-state index in [0.29, 0.717) is 5.69 Å². The van der Waals surface area contributed by atoms with Crippen LogP contribution >= 0.6 is 0 Å². The van der Waals surface area contributed by atoms with Crippen molar-refractivity contribution >= 4 is 21.8 Å². The number of hydrogen-bond donors (Lipinski definition) is 2. The van der Waals surface area contributed by atoms with Gasteiger partial charge in [0.25, 0.3) is 0 Å². The molecule has 0 radical (unpaired) electrons. The highest BCUT2D eigenvalue weighted by atomic mass is 16.1. The van der Waals surface area contributed by atoms with Gasteiger partial charge in [0, 0.05) is 28.0 Å². The first-order valence-corrected chi connectivity index (χ1v) is 6.38. The van der Waals surface area contributed by atoms with Crippen molar-refractivity contribution in [3.8, 4) is 11.3 Å². The highest BCUT2D eigenvalue weighted by molar-refractivity contribution is 6.02. The number of nitrogens with one attached hydrogen (secondary N) is 2. The van der Waals surface area contributed by atoms with Gasteiger partial charge < -0.3 is 9.97 Å². The number of aromatic nitrogens is 3. The molecule has 0 fully saturated rings. The average Bonchev–Trinajstić information content (AvgIpc) is 2.90. The van der Waals surface area contributed by atoms with Crippen LogP contribution in [0.15, 0.2) is 59.5 Å². The maximum absolute atomic E-state index is 11.8. The fraction of sp³-hybridized carbons (Fsp3) is 0. The van der Waals surface area contributed by atoms with Crippen LogP contribution in [0.1, 0.15) is 0 Å². The third-order valence-electron chi connectivity index (χ3n) is 3.48. The van der Waals surface area contributed by atoms with Gasteiger partial charge in [0.05, 0.1) is 11.2 Å². The molecule has 4 heteroatoms. The number of hydrogen-bond acceptors (Lipinski definition) is 2. The first-order chi connectivity index (χ1) is 9.83. The molecule has 0 bridgehead atoms. The van der Waals surface area contributed by atoms with Crippen molar-refractivity contribution in [1.82, 2.24) is 15.0 Å². The van der Waals surface area contributed by atoms with Crippen LogP contribution in [0.4, 0.5) is 0 Å². The van der Waals surface area contributed by atoms with E-state index < -0.39 is 0 Å². The molecule has 0 spiro atoms. The van der Waals surface area contributed by atoms with Crippen molar-refractivity contribution in [2.45, 2.75) is 0 Å². The smallest absolute Gasteiger partial charge is 0.345 e. The van der Waals surface area contributed by atoms with Gasteiger partial charge in [-0.2, -0.15) is 4.98 Å². The fourth-order valence-corrected chi connectivity index (χ4v) is 2.58. The normalized spacial score (nSPS) is 11.2. The van der Waals surface area contributed by atoms with Crippen LogP contribution in [0.2, 0.25) is 0 Å². The predicted octanol–water partition coefficient (Wildman–Crippen LogP) is 3.07. The molecule has 0 amide bonds. The molecule has 0 saturated carbocycles. The summed E-state index contributed by atoms with van der Waals surface area (Å²) in [7, 11) is 0. The van der Waals surface area contributed by atoms with Crippen molar-refractivity contribution in [3.05, 3.63) is 65.2 Å². The molecule has 0 aliphatic rings. The molecule has 0 aliphatic carbocycles. The van der Waals surface area contributed by atoms with Gasteiger partial charge in [0.15, 0.2) is 0 Å². The monoisotopic (exact) mass is 261 g/mol. The van der Waals surface area contributed by atoms with E-state index in [4.69, 9.17) is 0 Å². The summed E-state index contributed by atoms with van der Waals surface area (Å²) in [6.45, 7) is 0. The predicted molar refractivity (Wildman–Crippen MR) is 79.7 cm³/mol. The van der Waals surface area contributed by atoms with Crippen molar-refractivity contribution in [3.63, 3.8) is 0 Å². The zero-order valence-electron chi connectivity index (χ0n) is 10.6. The lowest BCUT2D eigenvalue weighted by atomic mass is 10.1. The highest BCUT2D eigenvalue weighted by Crippen LogP contribution is 2.30. The summed E-state index contributed by atoms with van der Waals surface area (Å²) < 4.78 is 0. The highest BCUT2D eigenvalue weighted by Gasteiger charge is 2.11. The zero-order valence-corrected chi connectivity index (χ0v) is 10.6. The Balaban J connectivity index is 2.15. The molecule has 0 saturated heterocycles.